The SMILES string of the molecule is O=C(COc1cccnc1Cl)N(Cc1ccsc1)C1CC1. The van der Waals surface area contributed by atoms with Gasteiger partial charge in [0.2, 0.25) is 0 Å². The molecule has 0 N–H and O–H groups in total. The van der Waals surface area contributed by atoms with Crippen LogP contribution in [-0.4, -0.2) is 28.4 Å². The fourth-order valence-electron chi connectivity index (χ4n) is 2.09. The second-order valence-electron chi connectivity index (χ2n) is 4.97. The lowest BCUT2D eigenvalue weighted by molar-refractivity contribution is -0.134. The Balaban J connectivity index is 1.61. The van der Waals surface area contributed by atoms with Gasteiger partial charge in [0.15, 0.2) is 17.5 Å². The average Bonchev–Trinajstić information content (AvgIpc) is 3.20. The van der Waals surface area contributed by atoms with E-state index in [9.17, 15) is 4.79 Å². The summed E-state index contributed by atoms with van der Waals surface area (Å²) in [5.74, 6) is 0.433. The Morgan fingerprint density at radius 3 is 3.00 bits per heavy atom. The number of carbonyl (C=O) groups excluding carboxylic acids is 1. The van der Waals surface area contributed by atoms with Crippen molar-refractivity contribution < 1.29 is 9.53 Å². The monoisotopic (exact) mass is 322 g/mol. The van der Waals surface area contributed by atoms with Gasteiger partial charge in [0, 0.05) is 18.8 Å². The summed E-state index contributed by atoms with van der Waals surface area (Å²) in [5.41, 5.74) is 1.17. The molecule has 2 aromatic rings. The summed E-state index contributed by atoms with van der Waals surface area (Å²) in [7, 11) is 0. The van der Waals surface area contributed by atoms with Crippen LogP contribution in [0.1, 0.15) is 18.4 Å². The molecule has 6 heteroatoms. The number of pyridine rings is 1. The molecule has 0 saturated heterocycles. The molecular weight excluding hydrogens is 308 g/mol. The van der Waals surface area contributed by atoms with Crippen molar-refractivity contribution in [2.24, 2.45) is 0 Å². The van der Waals surface area contributed by atoms with Gasteiger partial charge in [-0.05, 0) is 47.4 Å². The molecule has 1 saturated carbocycles. The number of ether oxygens (including phenoxy) is 1. The van der Waals surface area contributed by atoms with Gasteiger partial charge >= 0.3 is 0 Å². The van der Waals surface area contributed by atoms with E-state index in [4.69, 9.17) is 16.3 Å². The van der Waals surface area contributed by atoms with Gasteiger partial charge in [0.1, 0.15) is 0 Å². The van der Waals surface area contributed by atoms with Crippen LogP contribution in [0.3, 0.4) is 0 Å². The van der Waals surface area contributed by atoms with Crippen molar-refractivity contribution in [3.05, 3.63) is 45.9 Å². The minimum Gasteiger partial charge on any atom is -0.481 e. The summed E-state index contributed by atoms with van der Waals surface area (Å²) in [5, 5.41) is 4.37. The molecule has 1 aliphatic carbocycles. The Hall–Kier alpha value is -1.59. The number of hydrogen-bond acceptors (Lipinski definition) is 4. The number of carbonyl (C=O) groups is 1. The van der Waals surface area contributed by atoms with Gasteiger partial charge in [-0.2, -0.15) is 11.3 Å². The first kappa shape index (κ1) is 14.4. The van der Waals surface area contributed by atoms with Gasteiger partial charge < -0.3 is 9.64 Å². The van der Waals surface area contributed by atoms with E-state index in [0.717, 1.165) is 12.8 Å². The zero-order chi connectivity index (χ0) is 14.7. The van der Waals surface area contributed by atoms with Gasteiger partial charge in [0.05, 0.1) is 0 Å². The molecule has 1 aliphatic rings. The summed E-state index contributed by atoms with van der Waals surface area (Å²) >= 11 is 7.56. The average molecular weight is 323 g/mol. The van der Waals surface area contributed by atoms with E-state index < -0.39 is 0 Å². The highest BCUT2D eigenvalue weighted by Crippen LogP contribution is 2.29. The lowest BCUT2D eigenvalue weighted by Crippen LogP contribution is -2.36. The zero-order valence-electron chi connectivity index (χ0n) is 11.4. The summed E-state index contributed by atoms with van der Waals surface area (Å²) in [4.78, 5) is 18.2. The maximum atomic E-state index is 12.4. The Kier molecular flexibility index (Phi) is 4.41. The van der Waals surface area contributed by atoms with Crippen molar-refractivity contribution in [1.29, 1.82) is 0 Å². The quantitative estimate of drug-likeness (QED) is 0.766. The molecule has 0 radical (unpaired) electrons. The number of halogens is 1. The van der Waals surface area contributed by atoms with Gasteiger partial charge in [-0.25, -0.2) is 4.98 Å². The second-order valence-corrected chi connectivity index (χ2v) is 6.10. The highest BCUT2D eigenvalue weighted by Gasteiger charge is 2.32. The molecule has 0 unspecified atom stereocenters. The zero-order valence-corrected chi connectivity index (χ0v) is 12.9. The van der Waals surface area contributed by atoms with Crippen LogP contribution < -0.4 is 4.74 Å². The largest absolute Gasteiger partial charge is 0.481 e. The Morgan fingerprint density at radius 2 is 2.33 bits per heavy atom. The van der Waals surface area contributed by atoms with E-state index in [2.05, 4.69) is 10.4 Å². The smallest absolute Gasteiger partial charge is 0.261 e. The molecule has 110 valence electrons. The van der Waals surface area contributed by atoms with E-state index in [1.54, 1.807) is 29.7 Å². The normalized spacial score (nSPS) is 14.0. The van der Waals surface area contributed by atoms with Crippen LogP contribution in [0, 0.1) is 0 Å². The van der Waals surface area contributed by atoms with E-state index in [1.165, 1.54) is 5.56 Å². The number of nitrogens with zero attached hydrogens (tertiary/aromatic N) is 2. The van der Waals surface area contributed by atoms with Crippen LogP contribution in [-0.2, 0) is 11.3 Å². The maximum absolute atomic E-state index is 12.4. The predicted octanol–water partition coefficient (Wildman–Crippen LogP) is 3.37. The molecule has 2 heterocycles. The third-order valence-corrected chi connectivity index (χ3v) is 4.33. The molecule has 0 atom stereocenters. The van der Waals surface area contributed by atoms with Crippen LogP contribution in [0.2, 0.25) is 5.15 Å². The fourth-order valence-corrected chi connectivity index (χ4v) is 2.92. The van der Waals surface area contributed by atoms with Crippen LogP contribution in [0.4, 0.5) is 0 Å². The van der Waals surface area contributed by atoms with Gasteiger partial charge in [-0.1, -0.05) is 11.6 Å². The molecule has 0 aromatic carbocycles. The molecular formula is C15H15ClN2O2S. The Bertz CT molecular complexity index is 614. The third-order valence-electron chi connectivity index (χ3n) is 3.32. The lowest BCUT2D eigenvalue weighted by atomic mass is 10.3. The number of aromatic nitrogens is 1. The molecule has 2 aromatic heterocycles. The molecule has 0 bridgehead atoms. The summed E-state index contributed by atoms with van der Waals surface area (Å²) in [6, 6.07) is 5.84. The third kappa shape index (κ3) is 3.74. The van der Waals surface area contributed by atoms with Crippen molar-refractivity contribution in [3.63, 3.8) is 0 Å². The lowest BCUT2D eigenvalue weighted by Gasteiger charge is -2.22. The van der Waals surface area contributed by atoms with E-state index in [-0.39, 0.29) is 17.7 Å². The van der Waals surface area contributed by atoms with Gasteiger partial charge in [-0.3, -0.25) is 4.79 Å². The molecule has 3 rings (SSSR count). The molecule has 0 spiro atoms. The minimum absolute atomic E-state index is 0.00789. The summed E-state index contributed by atoms with van der Waals surface area (Å²) in [6.45, 7) is 0.642. The second kappa shape index (κ2) is 6.45. The molecule has 21 heavy (non-hydrogen) atoms. The summed E-state index contributed by atoms with van der Waals surface area (Å²) < 4.78 is 5.49. The van der Waals surface area contributed by atoms with Crippen molar-refractivity contribution in [3.8, 4) is 5.75 Å². The minimum atomic E-state index is -0.0105. The van der Waals surface area contributed by atoms with Crippen LogP contribution in [0.5, 0.6) is 5.75 Å². The Labute approximate surface area is 132 Å². The van der Waals surface area contributed by atoms with E-state index in [1.807, 2.05) is 16.3 Å². The first-order valence-corrected chi connectivity index (χ1v) is 8.10. The molecule has 4 nitrogen and oxygen atoms in total. The number of rotatable bonds is 6. The first-order valence-electron chi connectivity index (χ1n) is 6.78. The van der Waals surface area contributed by atoms with Gasteiger partial charge in [-0.15, -0.1) is 0 Å². The highest BCUT2D eigenvalue weighted by molar-refractivity contribution is 7.07. The van der Waals surface area contributed by atoms with Crippen LogP contribution >= 0.6 is 22.9 Å². The van der Waals surface area contributed by atoms with E-state index >= 15 is 0 Å². The highest BCUT2D eigenvalue weighted by atomic mass is 35.5. The predicted molar refractivity (Wildman–Crippen MR) is 82.6 cm³/mol. The van der Waals surface area contributed by atoms with Crippen molar-refractivity contribution in [1.82, 2.24) is 9.88 Å². The molecule has 1 fully saturated rings. The summed E-state index contributed by atoms with van der Waals surface area (Å²) in [6.07, 6.45) is 3.73. The van der Waals surface area contributed by atoms with Crippen LogP contribution in [0.15, 0.2) is 35.2 Å². The standard InChI is InChI=1S/C15H15ClN2O2S/c16-15-13(2-1-6-17-15)20-9-14(19)18(12-3-4-12)8-11-5-7-21-10-11/h1-2,5-7,10,12H,3-4,8-9H2. The van der Waals surface area contributed by atoms with Gasteiger partial charge in [0.25, 0.3) is 5.91 Å². The van der Waals surface area contributed by atoms with E-state index in [0.29, 0.717) is 18.3 Å². The Morgan fingerprint density at radius 1 is 1.48 bits per heavy atom. The maximum Gasteiger partial charge on any atom is 0.261 e. The number of hydrogen-bond donors (Lipinski definition) is 0. The first-order chi connectivity index (χ1) is 10.2. The topological polar surface area (TPSA) is 42.4 Å². The molecule has 1 amide bonds. The van der Waals surface area contributed by atoms with Crippen LogP contribution in [0.25, 0.3) is 0 Å². The number of thiophene rings is 1. The van der Waals surface area contributed by atoms with Crippen molar-refractivity contribution in [2.45, 2.75) is 25.4 Å². The van der Waals surface area contributed by atoms with Crippen molar-refractivity contribution >= 4 is 28.8 Å². The molecule has 0 aliphatic heterocycles. The van der Waals surface area contributed by atoms with Crippen molar-refractivity contribution in [2.75, 3.05) is 6.61 Å². The fraction of sp³-hybridized carbons (Fsp3) is 0.333. The number of amides is 1.